The Morgan fingerprint density at radius 3 is 3.27 bits per heavy atom. The number of aryl methyl sites for hydroxylation is 1. The molecule has 82 valence electrons. The summed E-state index contributed by atoms with van der Waals surface area (Å²) in [5.74, 6) is 0.870. The van der Waals surface area contributed by atoms with E-state index in [2.05, 4.69) is 20.6 Å². The lowest BCUT2D eigenvalue weighted by Crippen LogP contribution is -2.45. The fourth-order valence-corrected chi connectivity index (χ4v) is 1.53. The zero-order chi connectivity index (χ0) is 10.5. The number of rotatable bonds is 3. The molecule has 0 radical (unpaired) electrons. The molecule has 1 unspecified atom stereocenters. The first-order valence-corrected chi connectivity index (χ1v) is 5.18. The van der Waals surface area contributed by atoms with Crippen molar-refractivity contribution in [3.8, 4) is 0 Å². The number of anilines is 1. The fraction of sp³-hybridized carbons (Fsp3) is 0.600. The van der Waals surface area contributed by atoms with E-state index in [0.29, 0.717) is 6.04 Å². The number of nitrogens with one attached hydrogen (secondary N) is 2. The Morgan fingerprint density at radius 2 is 2.53 bits per heavy atom. The Bertz CT molecular complexity index is 312. The standard InChI is InChI=1S/C10H16N4O/c1-8-4-10(14-7-13-8)12-5-9-6-15-3-2-11-9/h4,7,9,11H,2-3,5-6H2,1H3,(H,12,13,14). The largest absolute Gasteiger partial charge is 0.378 e. The Balaban J connectivity index is 1.81. The van der Waals surface area contributed by atoms with E-state index in [0.717, 1.165) is 37.8 Å². The molecule has 1 aliphatic heterocycles. The molecule has 2 rings (SSSR count). The van der Waals surface area contributed by atoms with Crippen molar-refractivity contribution in [2.24, 2.45) is 0 Å². The highest BCUT2D eigenvalue weighted by molar-refractivity contribution is 5.34. The van der Waals surface area contributed by atoms with Crippen LogP contribution in [0, 0.1) is 6.92 Å². The molecule has 1 atom stereocenters. The molecule has 2 N–H and O–H groups in total. The summed E-state index contributed by atoms with van der Waals surface area (Å²) in [5.41, 5.74) is 0.973. The highest BCUT2D eigenvalue weighted by Gasteiger charge is 2.12. The summed E-state index contributed by atoms with van der Waals surface area (Å²) in [6.07, 6.45) is 1.57. The maximum Gasteiger partial charge on any atom is 0.129 e. The van der Waals surface area contributed by atoms with Crippen LogP contribution in [0.15, 0.2) is 12.4 Å². The van der Waals surface area contributed by atoms with Crippen molar-refractivity contribution in [1.29, 1.82) is 0 Å². The van der Waals surface area contributed by atoms with Crippen LogP contribution < -0.4 is 10.6 Å². The second kappa shape index (κ2) is 5.04. The lowest BCUT2D eigenvalue weighted by molar-refractivity contribution is 0.0806. The lowest BCUT2D eigenvalue weighted by Gasteiger charge is -2.24. The summed E-state index contributed by atoms with van der Waals surface area (Å²) in [6.45, 7) is 5.28. The Kier molecular flexibility index (Phi) is 3.47. The van der Waals surface area contributed by atoms with E-state index in [1.54, 1.807) is 6.33 Å². The van der Waals surface area contributed by atoms with E-state index >= 15 is 0 Å². The van der Waals surface area contributed by atoms with Crippen LogP contribution in [-0.4, -0.2) is 42.3 Å². The van der Waals surface area contributed by atoms with Gasteiger partial charge in [0.15, 0.2) is 0 Å². The SMILES string of the molecule is Cc1cc(NCC2COCCN2)ncn1. The van der Waals surface area contributed by atoms with E-state index in [4.69, 9.17) is 4.74 Å². The van der Waals surface area contributed by atoms with Crippen LogP contribution >= 0.6 is 0 Å². The van der Waals surface area contributed by atoms with Crippen molar-refractivity contribution >= 4 is 5.82 Å². The molecule has 1 aliphatic rings. The molecule has 0 aromatic carbocycles. The van der Waals surface area contributed by atoms with Gasteiger partial charge >= 0.3 is 0 Å². The third-order valence-electron chi connectivity index (χ3n) is 2.33. The molecular weight excluding hydrogens is 192 g/mol. The Morgan fingerprint density at radius 1 is 1.60 bits per heavy atom. The highest BCUT2D eigenvalue weighted by atomic mass is 16.5. The molecule has 5 nitrogen and oxygen atoms in total. The van der Waals surface area contributed by atoms with Crippen LogP contribution in [0.1, 0.15) is 5.69 Å². The van der Waals surface area contributed by atoms with Gasteiger partial charge < -0.3 is 15.4 Å². The van der Waals surface area contributed by atoms with Crippen LogP contribution in [0.2, 0.25) is 0 Å². The van der Waals surface area contributed by atoms with Crippen molar-refractivity contribution in [3.05, 3.63) is 18.1 Å². The first-order valence-electron chi connectivity index (χ1n) is 5.18. The first-order chi connectivity index (χ1) is 7.34. The van der Waals surface area contributed by atoms with Gasteiger partial charge in [0.2, 0.25) is 0 Å². The van der Waals surface area contributed by atoms with Gasteiger partial charge in [-0.3, -0.25) is 0 Å². The molecule has 15 heavy (non-hydrogen) atoms. The molecule has 1 aromatic heterocycles. The maximum atomic E-state index is 5.36. The Labute approximate surface area is 89.3 Å². The molecule has 0 spiro atoms. The number of nitrogens with zero attached hydrogens (tertiary/aromatic N) is 2. The van der Waals surface area contributed by atoms with Crippen molar-refractivity contribution in [2.45, 2.75) is 13.0 Å². The molecule has 1 saturated heterocycles. The van der Waals surface area contributed by atoms with E-state index < -0.39 is 0 Å². The molecule has 5 heteroatoms. The van der Waals surface area contributed by atoms with Gasteiger partial charge in [-0.15, -0.1) is 0 Å². The smallest absolute Gasteiger partial charge is 0.129 e. The molecule has 0 aliphatic carbocycles. The summed E-state index contributed by atoms with van der Waals surface area (Å²) in [7, 11) is 0. The molecule has 0 saturated carbocycles. The fourth-order valence-electron chi connectivity index (χ4n) is 1.53. The lowest BCUT2D eigenvalue weighted by atomic mass is 10.3. The number of morpholine rings is 1. The molecule has 1 aromatic rings. The summed E-state index contributed by atoms with van der Waals surface area (Å²) >= 11 is 0. The van der Waals surface area contributed by atoms with Crippen LogP contribution in [0.4, 0.5) is 5.82 Å². The minimum atomic E-state index is 0.369. The van der Waals surface area contributed by atoms with Gasteiger partial charge in [0.05, 0.1) is 13.2 Å². The van der Waals surface area contributed by atoms with Crippen LogP contribution in [-0.2, 0) is 4.74 Å². The number of ether oxygens (including phenoxy) is 1. The Hall–Kier alpha value is -1.20. The summed E-state index contributed by atoms with van der Waals surface area (Å²) in [4.78, 5) is 8.18. The predicted molar refractivity (Wildman–Crippen MR) is 57.9 cm³/mol. The van der Waals surface area contributed by atoms with Crippen molar-refractivity contribution < 1.29 is 4.74 Å². The minimum absolute atomic E-state index is 0.369. The number of hydrogen-bond acceptors (Lipinski definition) is 5. The van der Waals surface area contributed by atoms with Gasteiger partial charge in [0.25, 0.3) is 0 Å². The third-order valence-corrected chi connectivity index (χ3v) is 2.33. The van der Waals surface area contributed by atoms with Crippen molar-refractivity contribution in [3.63, 3.8) is 0 Å². The average molecular weight is 208 g/mol. The quantitative estimate of drug-likeness (QED) is 0.742. The molecule has 1 fully saturated rings. The second-order valence-electron chi connectivity index (χ2n) is 3.65. The van der Waals surface area contributed by atoms with Gasteiger partial charge in [0.1, 0.15) is 12.1 Å². The van der Waals surface area contributed by atoms with Crippen LogP contribution in [0.5, 0.6) is 0 Å². The van der Waals surface area contributed by atoms with Gasteiger partial charge in [-0.05, 0) is 6.92 Å². The van der Waals surface area contributed by atoms with E-state index in [9.17, 15) is 0 Å². The monoisotopic (exact) mass is 208 g/mol. The minimum Gasteiger partial charge on any atom is -0.378 e. The molecule has 0 amide bonds. The first kappa shape index (κ1) is 10.3. The van der Waals surface area contributed by atoms with Gasteiger partial charge in [0, 0.05) is 30.9 Å². The predicted octanol–water partition coefficient (Wildman–Crippen LogP) is 0.185. The van der Waals surface area contributed by atoms with E-state index in [-0.39, 0.29) is 0 Å². The van der Waals surface area contributed by atoms with Gasteiger partial charge in [-0.1, -0.05) is 0 Å². The second-order valence-corrected chi connectivity index (χ2v) is 3.65. The topological polar surface area (TPSA) is 59.1 Å². The normalized spacial score (nSPS) is 21.3. The van der Waals surface area contributed by atoms with Gasteiger partial charge in [-0.25, -0.2) is 9.97 Å². The molecular formula is C10H16N4O. The summed E-state index contributed by atoms with van der Waals surface area (Å²) in [5, 5.41) is 6.63. The number of hydrogen-bond donors (Lipinski definition) is 2. The van der Waals surface area contributed by atoms with Crippen molar-refractivity contribution in [1.82, 2.24) is 15.3 Å². The third kappa shape index (κ3) is 3.14. The number of aromatic nitrogens is 2. The molecule has 2 heterocycles. The maximum absolute atomic E-state index is 5.36. The zero-order valence-corrected chi connectivity index (χ0v) is 8.86. The summed E-state index contributed by atoms with van der Waals surface area (Å²) in [6, 6.07) is 2.30. The average Bonchev–Trinajstić information content (AvgIpc) is 2.28. The van der Waals surface area contributed by atoms with Crippen LogP contribution in [0.25, 0.3) is 0 Å². The van der Waals surface area contributed by atoms with E-state index in [1.165, 1.54) is 0 Å². The highest BCUT2D eigenvalue weighted by Crippen LogP contribution is 2.03. The summed E-state index contributed by atoms with van der Waals surface area (Å²) < 4.78 is 5.36. The van der Waals surface area contributed by atoms with Crippen LogP contribution in [0.3, 0.4) is 0 Å². The van der Waals surface area contributed by atoms with E-state index in [1.807, 2.05) is 13.0 Å². The zero-order valence-electron chi connectivity index (χ0n) is 8.86. The molecule has 0 bridgehead atoms. The van der Waals surface area contributed by atoms with Gasteiger partial charge in [-0.2, -0.15) is 0 Å². The van der Waals surface area contributed by atoms with Crippen molar-refractivity contribution in [2.75, 3.05) is 31.6 Å².